The van der Waals surface area contributed by atoms with E-state index in [1.54, 1.807) is 0 Å². The highest BCUT2D eigenvalue weighted by atomic mass is 32.2. The van der Waals surface area contributed by atoms with Crippen molar-refractivity contribution in [1.82, 2.24) is 0 Å². The summed E-state index contributed by atoms with van der Waals surface area (Å²) >= 11 is 0. The molecule has 1 heterocycles. The molecule has 3 aromatic carbocycles. The lowest BCUT2D eigenvalue weighted by atomic mass is 10.1. The van der Waals surface area contributed by atoms with Gasteiger partial charge in [0.15, 0.2) is 9.84 Å². The van der Waals surface area contributed by atoms with Crippen LogP contribution in [-0.2, 0) is 16.4 Å². The minimum absolute atomic E-state index is 0.0742. The van der Waals surface area contributed by atoms with Crippen molar-refractivity contribution in [3.63, 3.8) is 0 Å². The second-order valence-corrected chi connectivity index (χ2v) is 9.66. The Labute approximate surface area is 186 Å². The number of rotatable bonds is 4. The number of ether oxygens (including phenoxy) is 1. The molecule has 2 atom stereocenters. The zero-order valence-electron chi connectivity index (χ0n) is 17.5. The number of nitrogens with two attached hydrogens (primary N) is 1. The Morgan fingerprint density at radius 3 is 2.25 bits per heavy atom. The Kier molecular flexibility index (Phi) is 7.58. The standard InChI is InChI=1S/C13H12O.C11H12F2N2O2S/c1-3-7-12(8-4-1)11-14-13-9-5-2-6-10-13;1-6-11(14)15-10(5-18(6,16)17)8-4-7(12)2-3-9(8)13/h1-10H,11H2;2-4,6,10H,5H2,1H3,(H2,14,15). The first-order valence-corrected chi connectivity index (χ1v) is 11.7. The van der Waals surface area contributed by atoms with E-state index in [1.807, 2.05) is 48.5 Å². The maximum Gasteiger partial charge on any atom is 0.162 e. The van der Waals surface area contributed by atoms with Crippen molar-refractivity contribution < 1.29 is 21.9 Å². The average Bonchev–Trinajstić information content (AvgIpc) is 2.79. The highest BCUT2D eigenvalue weighted by Gasteiger charge is 2.34. The molecule has 0 amide bonds. The van der Waals surface area contributed by atoms with Gasteiger partial charge in [-0.15, -0.1) is 0 Å². The molecule has 0 spiro atoms. The van der Waals surface area contributed by atoms with Crippen LogP contribution in [0.25, 0.3) is 0 Å². The van der Waals surface area contributed by atoms with Crippen molar-refractivity contribution in [2.45, 2.75) is 24.8 Å². The summed E-state index contributed by atoms with van der Waals surface area (Å²) in [5, 5.41) is -0.884. The van der Waals surface area contributed by atoms with Crippen LogP contribution in [0.3, 0.4) is 0 Å². The lowest BCUT2D eigenvalue weighted by Gasteiger charge is -2.24. The molecule has 0 radical (unpaired) electrons. The van der Waals surface area contributed by atoms with Crippen LogP contribution >= 0.6 is 0 Å². The highest BCUT2D eigenvalue weighted by molar-refractivity contribution is 7.92. The summed E-state index contributed by atoms with van der Waals surface area (Å²) in [6.07, 6.45) is 0. The van der Waals surface area contributed by atoms with Gasteiger partial charge in [0.2, 0.25) is 0 Å². The third-order valence-corrected chi connectivity index (χ3v) is 7.06. The molecular weight excluding hydrogens is 434 g/mol. The Balaban J connectivity index is 0.000000186. The second kappa shape index (κ2) is 10.4. The summed E-state index contributed by atoms with van der Waals surface area (Å²) in [4.78, 5) is 3.94. The van der Waals surface area contributed by atoms with Gasteiger partial charge >= 0.3 is 0 Å². The molecule has 5 nitrogen and oxygen atoms in total. The van der Waals surface area contributed by atoms with E-state index in [9.17, 15) is 17.2 Å². The number of hydrogen-bond donors (Lipinski definition) is 1. The van der Waals surface area contributed by atoms with Gasteiger partial charge in [0.1, 0.15) is 35.1 Å². The predicted molar refractivity (Wildman–Crippen MR) is 121 cm³/mol. The molecule has 1 aliphatic heterocycles. The Bertz CT molecular complexity index is 1130. The van der Waals surface area contributed by atoms with Crippen molar-refractivity contribution in [1.29, 1.82) is 0 Å². The molecule has 1 aliphatic rings. The van der Waals surface area contributed by atoms with Gasteiger partial charge in [-0.05, 0) is 42.8 Å². The highest BCUT2D eigenvalue weighted by Crippen LogP contribution is 2.28. The summed E-state index contributed by atoms with van der Waals surface area (Å²) in [5.74, 6) is -0.861. The third kappa shape index (κ3) is 6.13. The number of aliphatic imine (C=N–C) groups is 1. The van der Waals surface area contributed by atoms with Gasteiger partial charge in [0.25, 0.3) is 0 Å². The van der Waals surface area contributed by atoms with Crippen LogP contribution in [0.2, 0.25) is 0 Å². The summed E-state index contributed by atoms with van der Waals surface area (Å²) in [7, 11) is -3.48. The number of sulfone groups is 1. The zero-order valence-corrected chi connectivity index (χ0v) is 18.3. The summed E-state index contributed by atoms with van der Waals surface area (Å²) in [6.45, 7) is 2.05. The third-order valence-electron chi connectivity index (χ3n) is 4.96. The van der Waals surface area contributed by atoms with E-state index in [4.69, 9.17) is 10.5 Å². The molecule has 0 aromatic heterocycles. The fourth-order valence-corrected chi connectivity index (χ4v) is 4.47. The molecule has 0 aliphatic carbocycles. The van der Waals surface area contributed by atoms with E-state index in [-0.39, 0.29) is 17.2 Å². The lowest BCUT2D eigenvalue weighted by Crippen LogP contribution is -2.40. The molecule has 0 bridgehead atoms. The van der Waals surface area contributed by atoms with E-state index in [0.717, 1.165) is 23.9 Å². The molecule has 0 fully saturated rings. The largest absolute Gasteiger partial charge is 0.489 e. The van der Waals surface area contributed by atoms with Crippen molar-refractivity contribution in [2.24, 2.45) is 10.7 Å². The first-order chi connectivity index (χ1) is 15.3. The van der Waals surface area contributed by atoms with Crippen LogP contribution in [0.15, 0.2) is 83.9 Å². The van der Waals surface area contributed by atoms with Gasteiger partial charge in [-0.25, -0.2) is 17.2 Å². The van der Waals surface area contributed by atoms with Crippen molar-refractivity contribution in [2.75, 3.05) is 5.75 Å². The maximum absolute atomic E-state index is 13.6. The molecule has 2 unspecified atom stereocenters. The number of para-hydroxylation sites is 1. The quantitative estimate of drug-likeness (QED) is 0.627. The summed E-state index contributed by atoms with van der Waals surface area (Å²) < 4.78 is 55.8. The molecule has 8 heteroatoms. The molecule has 2 N–H and O–H groups in total. The molecule has 168 valence electrons. The van der Waals surface area contributed by atoms with Gasteiger partial charge in [-0.2, -0.15) is 0 Å². The van der Waals surface area contributed by atoms with Gasteiger partial charge in [-0.1, -0.05) is 48.5 Å². The Morgan fingerprint density at radius 1 is 1.00 bits per heavy atom. The van der Waals surface area contributed by atoms with E-state index in [1.165, 1.54) is 12.5 Å². The monoisotopic (exact) mass is 458 g/mol. The first kappa shape index (κ1) is 23.4. The SMILES string of the molecule is CC1C(N)=NC(c2cc(F)ccc2F)CS1(=O)=O.c1ccc(COc2ccccc2)cc1. The number of amidine groups is 1. The number of nitrogens with zero attached hydrogens (tertiary/aromatic N) is 1. The smallest absolute Gasteiger partial charge is 0.162 e. The summed E-state index contributed by atoms with van der Waals surface area (Å²) in [5.41, 5.74) is 6.63. The van der Waals surface area contributed by atoms with Gasteiger partial charge < -0.3 is 10.5 Å². The molecule has 0 saturated heterocycles. The number of hydrogen-bond acceptors (Lipinski definition) is 5. The topological polar surface area (TPSA) is 81.8 Å². The van der Waals surface area contributed by atoms with E-state index < -0.39 is 32.8 Å². The molecule has 3 aromatic rings. The van der Waals surface area contributed by atoms with Crippen molar-refractivity contribution in [3.8, 4) is 5.75 Å². The van der Waals surface area contributed by atoms with Crippen molar-refractivity contribution >= 4 is 15.7 Å². The first-order valence-electron chi connectivity index (χ1n) is 9.97. The average molecular weight is 459 g/mol. The molecular formula is C24H24F2N2O3S. The van der Waals surface area contributed by atoms with Crippen molar-refractivity contribution in [3.05, 3.63) is 102 Å². The zero-order chi connectivity index (χ0) is 23.1. The Hall–Kier alpha value is -3.26. The van der Waals surface area contributed by atoms with Gasteiger partial charge in [0, 0.05) is 5.56 Å². The fourth-order valence-electron chi connectivity index (χ4n) is 3.06. The van der Waals surface area contributed by atoms with E-state index >= 15 is 0 Å². The van der Waals surface area contributed by atoms with Crippen LogP contribution in [0.4, 0.5) is 8.78 Å². The number of halogens is 2. The normalized spacial score (nSPS) is 19.3. The van der Waals surface area contributed by atoms with Crippen LogP contribution in [-0.4, -0.2) is 25.3 Å². The molecule has 32 heavy (non-hydrogen) atoms. The van der Waals surface area contributed by atoms with Crippen LogP contribution in [0, 0.1) is 11.6 Å². The molecule has 4 rings (SSSR count). The van der Waals surface area contributed by atoms with E-state index in [0.29, 0.717) is 6.61 Å². The van der Waals surface area contributed by atoms with Crippen LogP contribution in [0.1, 0.15) is 24.1 Å². The van der Waals surface area contributed by atoms with Crippen LogP contribution < -0.4 is 10.5 Å². The minimum Gasteiger partial charge on any atom is -0.489 e. The second-order valence-electron chi connectivity index (χ2n) is 7.29. The maximum atomic E-state index is 13.6. The van der Waals surface area contributed by atoms with Crippen LogP contribution in [0.5, 0.6) is 5.75 Å². The predicted octanol–water partition coefficient (Wildman–Crippen LogP) is 4.45. The fraction of sp³-hybridized carbons (Fsp3) is 0.208. The summed E-state index contributed by atoms with van der Waals surface area (Å²) in [6, 6.07) is 21.9. The van der Waals surface area contributed by atoms with Gasteiger partial charge in [0.05, 0.1) is 11.8 Å². The Morgan fingerprint density at radius 2 is 1.62 bits per heavy atom. The molecule has 0 saturated carbocycles. The number of benzene rings is 3. The van der Waals surface area contributed by atoms with Gasteiger partial charge in [-0.3, -0.25) is 4.99 Å². The van der Waals surface area contributed by atoms with E-state index in [2.05, 4.69) is 17.1 Å². The minimum atomic E-state index is -3.48. The lowest BCUT2D eigenvalue weighted by molar-refractivity contribution is 0.306.